The minimum absolute atomic E-state index is 0. The van der Waals surface area contributed by atoms with E-state index in [2.05, 4.69) is 181 Å². The summed E-state index contributed by atoms with van der Waals surface area (Å²) in [4.78, 5) is 13.1. The van der Waals surface area contributed by atoms with Crippen molar-refractivity contribution < 1.29 is 20.1 Å². The molecule has 1 radical (unpaired) electrons. The molecule has 3 nitrogen and oxygen atoms in total. The van der Waals surface area contributed by atoms with Crippen molar-refractivity contribution >= 4 is 0 Å². The van der Waals surface area contributed by atoms with Crippen molar-refractivity contribution in [2.45, 2.75) is 20.8 Å². The van der Waals surface area contributed by atoms with Gasteiger partial charge in [0.15, 0.2) is 0 Å². The first-order valence-corrected chi connectivity index (χ1v) is 19.2. The Balaban J connectivity index is 0.000000145. The van der Waals surface area contributed by atoms with Crippen molar-refractivity contribution in [1.82, 2.24) is 15.0 Å². The van der Waals surface area contributed by atoms with Crippen LogP contribution in [0.5, 0.6) is 0 Å². The molecule has 3 aromatic heterocycles. The number of nitrogens with zero attached hydrogens (tertiary/aromatic N) is 3. The summed E-state index contributed by atoms with van der Waals surface area (Å²) < 4.78 is 0. The molecule has 0 aliphatic rings. The predicted molar refractivity (Wildman–Crippen MR) is 240 cm³/mol. The maximum Gasteiger partial charge on any atom is 0.0701 e. The average molecular weight is 928 g/mol. The molecule has 6 aromatic carbocycles. The zero-order valence-corrected chi connectivity index (χ0v) is 35.4. The molecule has 0 unspecified atom stereocenters. The topological polar surface area (TPSA) is 38.7 Å². The zero-order chi connectivity index (χ0) is 39.2. The van der Waals surface area contributed by atoms with E-state index in [1.165, 1.54) is 50.1 Å². The SMILES string of the molecule is Cc1ccc(-c2ccc(-c3ccccn3)cc2)cc1.Cc1ccc(-c2ccc(-c3ccccn3)cc2)cc1.Cc1ccc(-c2ccc(-c3ccccn3)cc2)cc1.[Ir]. The smallest absolute Gasteiger partial charge is 0.0701 e. The molecule has 0 aliphatic heterocycles. The first-order valence-electron chi connectivity index (χ1n) is 19.2. The number of pyridine rings is 3. The van der Waals surface area contributed by atoms with Crippen molar-refractivity contribution in [3.63, 3.8) is 0 Å². The van der Waals surface area contributed by atoms with Crippen molar-refractivity contribution in [1.29, 1.82) is 0 Å². The van der Waals surface area contributed by atoms with Crippen LogP contribution in [0.25, 0.3) is 67.2 Å². The predicted octanol–water partition coefficient (Wildman–Crippen LogP) is 14.2. The van der Waals surface area contributed by atoms with Crippen molar-refractivity contribution in [2.75, 3.05) is 0 Å². The van der Waals surface area contributed by atoms with Crippen LogP contribution >= 0.6 is 0 Å². The molecule has 0 N–H and O–H groups in total. The quantitative estimate of drug-likeness (QED) is 0.167. The maximum atomic E-state index is 4.36. The molecular formula is C54H45IrN3. The van der Waals surface area contributed by atoms with Crippen LogP contribution in [0.1, 0.15) is 16.7 Å². The molecule has 58 heavy (non-hydrogen) atoms. The van der Waals surface area contributed by atoms with Crippen LogP contribution in [0.3, 0.4) is 0 Å². The third-order valence-corrected chi connectivity index (χ3v) is 9.69. The van der Waals surface area contributed by atoms with Crippen molar-refractivity contribution in [2.24, 2.45) is 0 Å². The van der Waals surface area contributed by atoms with Gasteiger partial charge < -0.3 is 0 Å². The fourth-order valence-electron chi connectivity index (χ4n) is 6.34. The molecule has 4 heteroatoms. The van der Waals surface area contributed by atoms with E-state index in [9.17, 15) is 0 Å². The molecule has 0 amide bonds. The van der Waals surface area contributed by atoms with E-state index >= 15 is 0 Å². The zero-order valence-electron chi connectivity index (χ0n) is 33.0. The van der Waals surface area contributed by atoms with Crippen LogP contribution in [-0.4, -0.2) is 15.0 Å². The van der Waals surface area contributed by atoms with E-state index in [4.69, 9.17) is 0 Å². The number of aryl methyl sites for hydroxylation is 3. The molecule has 0 spiro atoms. The van der Waals surface area contributed by atoms with Gasteiger partial charge in [0.1, 0.15) is 0 Å². The Labute approximate surface area is 356 Å². The Morgan fingerprint density at radius 2 is 0.414 bits per heavy atom. The summed E-state index contributed by atoms with van der Waals surface area (Å²) in [5.41, 5.74) is 17.8. The van der Waals surface area contributed by atoms with Crippen molar-refractivity contribution in [3.05, 3.63) is 235 Å². The summed E-state index contributed by atoms with van der Waals surface area (Å²) in [6, 6.07) is 69.3. The van der Waals surface area contributed by atoms with E-state index in [-0.39, 0.29) is 20.1 Å². The van der Waals surface area contributed by atoms with Gasteiger partial charge in [-0.3, -0.25) is 15.0 Å². The molecule has 0 atom stereocenters. The van der Waals surface area contributed by atoms with E-state index in [0.29, 0.717) is 0 Å². The Kier molecular flexibility index (Phi) is 14.5. The van der Waals surface area contributed by atoms with E-state index < -0.39 is 0 Å². The summed E-state index contributed by atoms with van der Waals surface area (Å²) in [5.74, 6) is 0. The second-order valence-electron chi connectivity index (χ2n) is 14.0. The standard InChI is InChI=1S/3C18H15N.Ir/c3*1-14-5-7-15(8-6-14)16-9-11-17(12-10-16)18-4-2-3-13-19-18;/h3*2-13H,1H3;. The van der Waals surface area contributed by atoms with Gasteiger partial charge in [0.25, 0.3) is 0 Å². The molecule has 285 valence electrons. The van der Waals surface area contributed by atoms with Gasteiger partial charge >= 0.3 is 0 Å². The molecule has 0 aliphatic carbocycles. The fourth-order valence-corrected chi connectivity index (χ4v) is 6.34. The molecule has 3 heterocycles. The minimum Gasteiger partial charge on any atom is -0.256 e. The number of hydrogen-bond acceptors (Lipinski definition) is 3. The van der Waals surface area contributed by atoms with Crippen LogP contribution in [0, 0.1) is 20.8 Å². The summed E-state index contributed by atoms with van der Waals surface area (Å²) in [5, 5.41) is 0. The number of hydrogen-bond donors (Lipinski definition) is 0. The van der Waals surface area contributed by atoms with Gasteiger partial charge in [0.2, 0.25) is 0 Å². The third-order valence-electron chi connectivity index (χ3n) is 9.69. The van der Waals surface area contributed by atoms with Crippen LogP contribution in [-0.2, 0) is 20.1 Å². The van der Waals surface area contributed by atoms with Gasteiger partial charge in [0, 0.05) is 55.4 Å². The number of aromatic nitrogens is 3. The van der Waals surface area contributed by atoms with Crippen LogP contribution in [0.2, 0.25) is 0 Å². The van der Waals surface area contributed by atoms with Gasteiger partial charge in [-0.2, -0.15) is 0 Å². The summed E-state index contributed by atoms with van der Waals surface area (Å²) >= 11 is 0. The summed E-state index contributed by atoms with van der Waals surface area (Å²) in [6.07, 6.45) is 5.47. The first kappa shape index (κ1) is 41.1. The summed E-state index contributed by atoms with van der Waals surface area (Å²) in [7, 11) is 0. The fraction of sp³-hybridized carbons (Fsp3) is 0.0556. The minimum atomic E-state index is 0. The van der Waals surface area contributed by atoms with Crippen LogP contribution < -0.4 is 0 Å². The number of rotatable bonds is 6. The Bertz CT molecular complexity index is 2260. The molecule has 0 bridgehead atoms. The van der Waals surface area contributed by atoms with Gasteiger partial charge in [-0.15, -0.1) is 0 Å². The van der Waals surface area contributed by atoms with E-state index in [1.807, 2.05) is 73.2 Å². The van der Waals surface area contributed by atoms with Gasteiger partial charge in [-0.05, 0) is 90.6 Å². The summed E-state index contributed by atoms with van der Waals surface area (Å²) in [6.45, 7) is 6.32. The third kappa shape index (κ3) is 11.3. The first-order chi connectivity index (χ1) is 28.0. The van der Waals surface area contributed by atoms with Crippen LogP contribution in [0.4, 0.5) is 0 Å². The van der Waals surface area contributed by atoms with Gasteiger partial charge in [0.05, 0.1) is 17.1 Å². The number of benzene rings is 6. The van der Waals surface area contributed by atoms with Gasteiger partial charge in [-0.25, -0.2) is 0 Å². The van der Waals surface area contributed by atoms with E-state index in [1.54, 1.807) is 0 Å². The molecular weight excluding hydrogens is 883 g/mol. The second-order valence-corrected chi connectivity index (χ2v) is 14.0. The molecule has 0 saturated heterocycles. The average Bonchev–Trinajstić information content (AvgIpc) is 3.29. The van der Waals surface area contributed by atoms with Gasteiger partial charge in [-0.1, -0.05) is 180 Å². The Morgan fingerprint density at radius 3 is 0.603 bits per heavy atom. The van der Waals surface area contributed by atoms with Crippen LogP contribution in [0.15, 0.2) is 219 Å². The Morgan fingerprint density at radius 1 is 0.224 bits per heavy atom. The maximum absolute atomic E-state index is 4.36. The largest absolute Gasteiger partial charge is 0.256 e. The molecule has 9 rings (SSSR count). The van der Waals surface area contributed by atoms with Crippen molar-refractivity contribution in [3.8, 4) is 67.2 Å². The normalized spacial score (nSPS) is 10.2. The monoisotopic (exact) mass is 928 g/mol. The Hall–Kier alpha value is -6.58. The molecule has 0 saturated carbocycles. The van der Waals surface area contributed by atoms with E-state index in [0.717, 1.165) is 33.8 Å². The molecule has 9 aromatic rings. The molecule has 0 fully saturated rings. The second kappa shape index (κ2) is 20.5.